The van der Waals surface area contributed by atoms with Crippen molar-refractivity contribution in [3.05, 3.63) is 29.8 Å². The summed E-state index contributed by atoms with van der Waals surface area (Å²) >= 11 is 0. The number of hydrogen-bond acceptors (Lipinski definition) is 3. The van der Waals surface area contributed by atoms with Crippen molar-refractivity contribution in [2.75, 3.05) is 25.0 Å². The average Bonchev–Trinajstić information content (AvgIpc) is 3.51. The molecule has 3 amide bonds. The Balaban J connectivity index is 1.53. The normalized spacial score (nSPS) is 17.5. The van der Waals surface area contributed by atoms with E-state index in [1.165, 1.54) is 0 Å². The summed E-state index contributed by atoms with van der Waals surface area (Å²) in [5, 5.41) is 3.01. The fourth-order valence-corrected chi connectivity index (χ4v) is 3.61. The first kappa shape index (κ1) is 19.4. The number of carbonyl (C=O) groups excluding carboxylic acids is 3. The number of hydrogen-bond donors (Lipinski definition) is 1. The molecule has 6 nitrogen and oxygen atoms in total. The van der Waals surface area contributed by atoms with Gasteiger partial charge in [-0.05, 0) is 50.3 Å². The van der Waals surface area contributed by atoms with E-state index < -0.39 is 0 Å². The Morgan fingerprint density at radius 1 is 1.11 bits per heavy atom. The van der Waals surface area contributed by atoms with Crippen molar-refractivity contribution in [3.8, 4) is 0 Å². The van der Waals surface area contributed by atoms with Gasteiger partial charge >= 0.3 is 0 Å². The number of amides is 3. The minimum Gasteiger partial charge on any atom is -0.342 e. The van der Waals surface area contributed by atoms with Gasteiger partial charge in [0.25, 0.3) is 0 Å². The van der Waals surface area contributed by atoms with Crippen LogP contribution in [0.5, 0.6) is 0 Å². The third-order valence-corrected chi connectivity index (χ3v) is 5.50. The van der Waals surface area contributed by atoms with Gasteiger partial charge in [0.1, 0.15) is 0 Å². The Morgan fingerprint density at radius 2 is 1.81 bits per heavy atom. The fourth-order valence-electron chi connectivity index (χ4n) is 3.61. The molecule has 2 aliphatic rings. The van der Waals surface area contributed by atoms with E-state index in [0.29, 0.717) is 26.2 Å². The van der Waals surface area contributed by atoms with Crippen molar-refractivity contribution in [3.63, 3.8) is 0 Å². The molecule has 1 saturated heterocycles. The third-order valence-electron chi connectivity index (χ3n) is 5.50. The van der Waals surface area contributed by atoms with Crippen molar-refractivity contribution < 1.29 is 14.4 Å². The number of piperidine rings is 1. The molecule has 0 atom stereocenters. The zero-order valence-electron chi connectivity index (χ0n) is 16.2. The molecule has 6 heteroatoms. The van der Waals surface area contributed by atoms with Gasteiger partial charge in [-0.3, -0.25) is 14.4 Å². The van der Waals surface area contributed by atoms with Crippen molar-refractivity contribution in [1.29, 1.82) is 0 Å². The second-order valence-electron chi connectivity index (χ2n) is 7.60. The van der Waals surface area contributed by atoms with Gasteiger partial charge in [0, 0.05) is 50.6 Å². The molecule has 0 aromatic heterocycles. The van der Waals surface area contributed by atoms with Crippen LogP contribution in [0.25, 0.3) is 0 Å². The van der Waals surface area contributed by atoms with Crippen LogP contribution in [0.2, 0.25) is 0 Å². The van der Waals surface area contributed by atoms with Crippen LogP contribution in [0.3, 0.4) is 0 Å². The maximum Gasteiger partial charge on any atom is 0.227 e. The number of nitrogens with zero attached hydrogens (tertiary/aromatic N) is 2. The summed E-state index contributed by atoms with van der Waals surface area (Å²) in [6.07, 6.45) is 3.49. The number of carbonyl (C=O) groups is 3. The molecule has 146 valence electrons. The Hall–Kier alpha value is -2.37. The molecule has 1 N–H and O–H groups in total. The second kappa shape index (κ2) is 8.55. The Kier molecular flexibility index (Phi) is 6.14. The van der Waals surface area contributed by atoms with E-state index in [0.717, 1.165) is 36.9 Å². The number of rotatable bonds is 6. The Labute approximate surface area is 160 Å². The molecule has 1 aromatic carbocycles. The lowest BCUT2D eigenvalue weighted by Crippen LogP contribution is -2.42. The van der Waals surface area contributed by atoms with Gasteiger partial charge in [0.05, 0.1) is 0 Å². The van der Waals surface area contributed by atoms with Crippen LogP contribution in [0, 0.1) is 11.8 Å². The van der Waals surface area contributed by atoms with Crippen molar-refractivity contribution in [2.24, 2.45) is 11.8 Å². The van der Waals surface area contributed by atoms with Crippen LogP contribution in [-0.2, 0) is 20.9 Å². The van der Waals surface area contributed by atoms with Crippen molar-refractivity contribution in [2.45, 2.75) is 46.1 Å². The van der Waals surface area contributed by atoms with Gasteiger partial charge in [-0.15, -0.1) is 0 Å². The highest BCUT2D eigenvalue weighted by atomic mass is 16.2. The maximum atomic E-state index is 12.6. The summed E-state index contributed by atoms with van der Waals surface area (Å²) in [6, 6.07) is 7.66. The summed E-state index contributed by atoms with van der Waals surface area (Å²) < 4.78 is 0. The predicted molar refractivity (Wildman–Crippen MR) is 104 cm³/mol. The first-order chi connectivity index (χ1) is 13.0. The van der Waals surface area contributed by atoms with Crippen LogP contribution in [0.4, 0.5) is 5.69 Å². The van der Waals surface area contributed by atoms with Gasteiger partial charge in [-0.25, -0.2) is 0 Å². The molecular formula is C21H29N3O3. The van der Waals surface area contributed by atoms with E-state index in [1.54, 1.807) is 11.8 Å². The number of likely N-dealkylation sites (tertiary alicyclic amines) is 1. The van der Waals surface area contributed by atoms with Gasteiger partial charge in [0.2, 0.25) is 17.7 Å². The van der Waals surface area contributed by atoms with E-state index in [1.807, 2.05) is 36.1 Å². The first-order valence-corrected chi connectivity index (χ1v) is 9.92. The topological polar surface area (TPSA) is 69.7 Å². The highest BCUT2D eigenvalue weighted by Gasteiger charge is 2.35. The van der Waals surface area contributed by atoms with Gasteiger partial charge in [0.15, 0.2) is 0 Å². The Bertz CT molecular complexity index is 706. The molecule has 0 unspecified atom stereocenters. The van der Waals surface area contributed by atoms with E-state index in [4.69, 9.17) is 0 Å². The van der Waals surface area contributed by atoms with Crippen LogP contribution >= 0.6 is 0 Å². The monoisotopic (exact) mass is 371 g/mol. The van der Waals surface area contributed by atoms with E-state index >= 15 is 0 Å². The minimum absolute atomic E-state index is 0.0181. The minimum atomic E-state index is -0.0544. The van der Waals surface area contributed by atoms with E-state index in [9.17, 15) is 14.4 Å². The molecule has 0 spiro atoms. The summed E-state index contributed by atoms with van der Waals surface area (Å²) in [7, 11) is 0. The van der Waals surface area contributed by atoms with Gasteiger partial charge in [-0.1, -0.05) is 12.1 Å². The molecule has 1 heterocycles. The number of anilines is 1. The van der Waals surface area contributed by atoms with Gasteiger partial charge in [-0.2, -0.15) is 0 Å². The molecule has 1 saturated carbocycles. The zero-order chi connectivity index (χ0) is 19.4. The molecule has 0 radical (unpaired) electrons. The standard InChI is InChI=1S/C21H29N3O3/c1-3-23(15(2)25)14-16-5-4-6-19(13-16)22-20(26)17-9-11-24(12-10-17)21(27)18-7-8-18/h4-6,13,17-18H,3,7-12,14H2,1-2H3,(H,22,26). The maximum absolute atomic E-state index is 12.6. The van der Waals surface area contributed by atoms with Crippen LogP contribution in [0.1, 0.15) is 45.1 Å². The van der Waals surface area contributed by atoms with Gasteiger partial charge < -0.3 is 15.1 Å². The van der Waals surface area contributed by atoms with Crippen LogP contribution in [-0.4, -0.2) is 47.2 Å². The summed E-state index contributed by atoms with van der Waals surface area (Å²) in [5.41, 5.74) is 1.75. The molecule has 27 heavy (non-hydrogen) atoms. The Morgan fingerprint density at radius 3 is 2.41 bits per heavy atom. The van der Waals surface area contributed by atoms with Crippen LogP contribution in [0.15, 0.2) is 24.3 Å². The molecular weight excluding hydrogens is 342 g/mol. The number of nitrogens with one attached hydrogen (secondary N) is 1. The lowest BCUT2D eigenvalue weighted by atomic mass is 9.95. The lowest BCUT2D eigenvalue weighted by Gasteiger charge is -2.31. The molecule has 2 fully saturated rings. The summed E-state index contributed by atoms with van der Waals surface area (Å²) in [4.78, 5) is 40.0. The van der Waals surface area contributed by atoms with Crippen LogP contribution < -0.4 is 5.32 Å². The quantitative estimate of drug-likeness (QED) is 0.836. The second-order valence-corrected chi connectivity index (χ2v) is 7.60. The van der Waals surface area contributed by atoms with Crippen molar-refractivity contribution in [1.82, 2.24) is 9.80 Å². The molecule has 3 rings (SSSR count). The number of benzene rings is 1. The lowest BCUT2D eigenvalue weighted by molar-refractivity contribution is -0.135. The molecule has 1 aliphatic heterocycles. The average molecular weight is 371 g/mol. The third kappa shape index (κ3) is 5.08. The SMILES string of the molecule is CCN(Cc1cccc(NC(=O)C2CCN(C(=O)C3CC3)CC2)c1)C(C)=O. The predicted octanol–water partition coefficient (Wildman–Crippen LogP) is 2.64. The molecule has 1 aliphatic carbocycles. The molecule has 0 bridgehead atoms. The highest BCUT2D eigenvalue weighted by Crippen LogP contribution is 2.32. The van der Waals surface area contributed by atoms with Crippen molar-refractivity contribution >= 4 is 23.4 Å². The fraction of sp³-hybridized carbons (Fsp3) is 0.571. The smallest absolute Gasteiger partial charge is 0.227 e. The van der Waals surface area contributed by atoms with E-state index in [2.05, 4.69) is 5.32 Å². The first-order valence-electron chi connectivity index (χ1n) is 9.92. The summed E-state index contributed by atoms with van der Waals surface area (Å²) in [5.74, 6) is 0.522. The largest absolute Gasteiger partial charge is 0.342 e. The summed E-state index contributed by atoms with van der Waals surface area (Å²) in [6.45, 7) is 6.07. The van der Waals surface area contributed by atoms with E-state index in [-0.39, 0.29) is 29.6 Å². The zero-order valence-corrected chi connectivity index (χ0v) is 16.2. The molecule has 1 aromatic rings. The highest BCUT2D eigenvalue weighted by molar-refractivity contribution is 5.93.